The number of halogens is 1. The van der Waals surface area contributed by atoms with E-state index in [2.05, 4.69) is 5.32 Å². The molecule has 156 valence electrons. The number of ether oxygens (including phenoxy) is 1. The third-order valence-corrected chi connectivity index (χ3v) is 5.80. The summed E-state index contributed by atoms with van der Waals surface area (Å²) in [4.78, 5) is 40.5. The molecule has 7 nitrogen and oxygen atoms in total. The highest BCUT2D eigenvalue weighted by Gasteiger charge is 2.36. The van der Waals surface area contributed by atoms with Gasteiger partial charge in [0, 0.05) is 42.8 Å². The molecular weight excluding hydrogens is 406 g/mol. The van der Waals surface area contributed by atoms with Crippen molar-refractivity contribution in [2.24, 2.45) is 5.92 Å². The van der Waals surface area contributed by atoms with Crippen LogP contribution in [0.3, 0.4) is 0 Å². The molecule has 1 N–H and O–H groups in total. The summed E-state index contributed by atoms with van der Waals surface area (Å²) < 4.78 is 5.26. The number of hydrogen-bond donors (Lipinski definition) is 1. The predicted molar refractivity (Wildman–Crippen MR) is 115 cm³/mol. The van der Waals surface area contributed by atoms with E-state index in [1.807, 2.05) is 18.2 Å². The number of nitrogens with zero attached hydrogens (tertiary/aromatic N) is 2. The van der Waals surface area contributed by atoms with Crippen molar-refractivity contribution in [3.05, 3.63) is 47.0 Å². The molecule has 0 unspecified atom stereocenters. The van der Waals surface area contributed by atoms with Gasteiger partial charge in [0.1, 0.15) is 5.75 Å². The van der Waals surface area contributed by atoms with Crippen LogP contribution in [0.5, 0.6) is 5.75 Å². The number of carbonyl (C=O) groups is 3. The molecule has 1 atom stereocenters. The van der Waals surface area contributed by atoms with E-state index in [0.29, 0.717) is 29.5 Å². The summed E-state index contributed by atoms with van der Waals surface area (Å²) in [6.07, 6.45) is 0.884. The molecule has 30 heavy (non-hydrogen) atoms. The second-order valence-corrected chi connectivity index (χ2v) is 7.91. The maximum Gasteiger partial charge on any atom is 0.229 e. The fourth-order valence-electron chi connectivity index (χ4n) is 4.03. The third-order valence-electron chi connectivity index (χ3n) is 5.57. The van der Waals surface area contributed by atoms with E-state index in [1.165, 1.54) is 7.11 Å². The summed E-state index contributed by atoms with van der Waals surface area (Å²) in [7, 11) is 1.51. The Morgan fingerprint density at radius 1 is 1.20 bits per heavy atom. The summed E-state index contributed by atoms with van der Waals surface area (Å²) in [5.74, 6) is -0.331. The van der Waals surface area contributed by atoms with Crippen LogP contribution in [0.2, 0.25) is 5.02 Å². The molecule has 8 heteroatoms. The Labute approximate surface area is 179 Å². The number of hydrogen-bond acceptors (Lipinski definition) is 4. The van der Waals surface area contributed by atoms with E-state index in [0.717, 1.165) is 23.4 Å². The molecule has 2 aromatic carbocycles. The Morgan fingerprint density at radius 2 is 2.00 bits per heavy atom. The minimum Gasteiger partial charge on any atom is -0.495 e. The number of anilines is 3. The first-order valence-electron chi connectivity index (χ1n) is 9.73. The van der Waals surface area contributed by atoms with Gasteiger partial charge in [0.25, 0.3) is 0 Å². The minimum absolute atomic E-state index is 0.00641. The van der Waals surface area contributed by atoms with Crippen LogP contribution in [0, 0.1) is 5.92 Å². The molecule has 1 saturated heterocycles. The lowest BCUT2D eigenvalue weighted by molar-refractivity contribution is -0.122. The quantitative estimate of drug-likeness (QED) is 0.812. The van der Waals surface area contributed by atoms with Gasteiger partial charge in [-0.25, -0.2) is 0 Å². The molecule has 0 bridgehead atoms. The molecule has 2 aliphatic rings. The van der Waals surface area contributed by atoms with Gasteiger partial charge in [0.2, 0.25) is 17.7 Å². The lowest BCUT2D eigenvalue weighted by Crippen LogP contribution is -2.28. The van der Waals surface area contributed by atoms with Crippen molar-refractivity contribution in [2.75, 3.05) is 35.3 Å². The number of nitrogens with one attached hydrogen (secondary N) is 1. The van der Waals surface area contributed by atoms with Crippen LogP contribution < -0.4 is 19.9 Å². The Morgan fingerprint density at radius 3 is 2.73 bits per heavy atom. The van der Waals surface area contributed by atoms with Gasteiger partial charge in [0.05, 0.1) is 18.7 Å². The average molecular weight is 428 g/mol. The molecular formula is C22H22ClN3O4. The molecule has 0 spiro atoms. The lowest BCUT2D eigenvalue weighted by Gasteiger charge is -2.19. The predicted octanol–water partition coefficient (Wildman–Crippen LogP) is 3.25. The SMILES string of the molecule is COc1ccc(Cl)cc1NC(=O)[C@H]1CC(=O)N(c2ccc3c(c2)CCN3C(C)=O)C1. The minimum atomic E-state index is -0.483. The first-order chi connectivity index (χ1) is 14.4. The Bertz CT molecular complexity index is 1040. The van der Waals surface area contributed by atoms with E-state index < -0.39 is 5.92 Å². The second-order valence-electron chi connectivity index (χ2n) is 7.47. The van der Waals surface area contributed by atoms with Gasteiger partial charge in [-0.3, -0.25) is 14.4 Å². The monoisotopic (exact) mass is 427 g/mol. The maximum absolute atomic E-state index is 12.8. The fraction of sp³-hybridized carbons (Fsp3) is 0.318. The summed E-state index contributed by atoms with van der Waals surface area (Å²) >= 11 is 6.03. The van der Waals surface area contributed by atoms with E-state index in [1.54, 1.807) is 34.9 Å². The van der Waals surface area contributed by atoms with E-state index in [4.69, 9.17) is 16.3 Å². The van der Waals surface area contributed by atoms with Crippen molar-refractivity contribution in [1.29, 1.82) is 0 Å². The second kappa shape index (κ2) is 7.99. The number of fused-ring (bicyclic) bond motifs is 1. The first kappa shape index (κ1) is 20.2. The van der Waals surface area contributed by atoms with Gasteiger partial charge in [0.15, 0.2) is 0 Å². The van der Waals surface area contributed by atoms with E-state index >= 15 is 0 Å². The lowest BCUT2D eigenvalue weighted by atomic mass is 10.1. The largest absolute Gasteiger partial charge is 0.495 e. The average Bonchev–Trinajstić information content (AvgIpc) is 3.31. The van der Waals surface area contributed by atoms with Crippen LogP contribution in [0.1, 0.15) is 18.9 Å². The third kappa shape index (κ3) is 3.73. The molecule has 0 aliphatic carbocycles. The van der Waals surface area contributed by atoms with Gasteiger partial charge in [-0.05, 0) is 48.4 Å². The van der Waals surface area contributed by atoms with Crippen LogP contribution in [0.25, 0.3) is 0 Å². The van der Waals surface area contributed by atoms with Crippen molar-refractivity contribution in [3.63, 3.8) is 0 Å². The smallest absolute Gasteiger partial charge is 0.229 e. The van der Waals surface area contributed by atoms with Crippen molar-refractivity contribution < 1.29 is 19.1 Å². The van der Waals surface area contributed by atoms with E-state index in [-0.39, 0.29) is 24.1 Å². The maximum atomic E-state index is 12.8. The Balaban J connectivity index is 1.49. The highest BCUT2D eigenvalue weighted by atomic mass is 35.5. The number of rotatable bonds is 4. The molecule has 4 rings (SSSR count). The molecule has 0 aromatic heterocycles. The Hall–Kier alpha value is -3.06. The summed E-state index contributed by atoms with van der Waals surface area (Å²) in [6, 6.07) is 10.6. The van der Waals surface area contributed by atoms with E-state index in [9.17, 15) is 14.4 Å². The number of amides is 3. The van der Waals surface area contributed by atoms with Crippen molar-refractivity contribution in [3.8, 4) is 5.75 Å². The standard InChI is InChI=1S/C22H22ClN3O4/c1-13(27)25-8-7-14-9-17(4-5-19(14)25)26-12-15(10-21(26)28)22(29)24-18-11-16(23)3-6-20(18)30-2/h3-6,9,11,15H,7-8,10,12H2,1-2H3,(H,24,29)/t15-/m0/s1. The van der Waals surface area contributed by atoms with Gasteiger partial charge >= 0.3 is 0 Å². The molecule has 2 aliphatic heterocycles. The summed E-state index contributed by atoms with van der Waals surface area (Å²) in [6.45, 7) is 2.49. The Kier molecular flexibility index (Phi) is 5.39. The number of carbonyl (C=O) groups excluding carboxylic acids is 3. The highest BCUT2D eigenvalue weighted by molar-refractivity contribution is 6.31. The molecule has 2 aromatic rings. The van der Waals surface area contributed by atoms with Crippen molar-refractivity contribution >= 4 is 46.4 Å². The van der Waals surface area contributed by atoms with Gasteiger partial charge < -0.3 is 19.9 Å². The van der Waals surface area contributed by atoms with Crippen LogP contribution in [-0.2, 0) is 20.8 Å². The molecule has 3 amide bonds. The zero-order valence-electron chi connectivity index (χ0n) is 16.8. The first-order valence-corrected chi connectivity index (χ1v) is 10.1. The number of benzene rings is 2. The van der Waals surface area contributed by atoms with Crippen molar-refractivity contribution in [1.82, 2.24) is 0 Å². The van der Waals surface area contributed by atoms with Crippen molar-refractivity contribution in [2.45, 2.75) is 19.8 Å². The molecule has 0 radical (unpaired) electrons. The molecule has 0 saturated carbocycles. The topological polar surface area (TPSA) is 79.0 Å². The summed E-state index contributed by atoms with van der Waals surface area (Å²) in [5, 5.41) is 3.30. The normalized spacial score (nSPS) is 17.8. The molecule has 2 heterocycles. The van der Waals surface area contributed by atoms with Gasteiger partial charge in [-0.2, -0.15) is 0 Å². The zero-order valence-corrected chi connectivity index (χ0v) is 17.5. The fourth-order valence-corrected chi connectivity index (χ4v) is 4.20. The molecule has 1 fully saturated rings. The van der Waals surface area contributed by atoms with Crippen LogP contribution in [-0.4, -0.2) is 37.9 Å². The summed E-state index contributed by atoms with van der Waals surface area (Å²) in [5.41, 5.74) is 3.15. The van der Waals surface area contributed by atoms with Crippen LogP contribution in [0.15, 0.2) is 36.4 Å². The van der Waals surface area contributed by atoms with Gasteiger partial charge in [-0.15, -0.1) is 0 Å². The highest BCUT2D eigenvalue weighted by Crippen LogP contribution is 2.35. The zero-order chi connectivity index (χ0) is 21.4. The van der Waals surface area contributed by atoms with Gasteiger partial charge in [-0.1, -0.05) is 11.6 Å². The van der Waals surface area contributed by atoms with Crippen LogP contribution in [0.4, 0.5) is 17.1 Å². The number of methoxy groups -OCH3 is 1. The van der Waals surface area contributed by atoms with Crippen LogP contribution >= 0.6 is 11.6 Å².